The van der Waals surface area contributed by atoms with Crippen molar-refractivity contribution in [2.45, 2.75) is 57.9 Å². The second kappa shape index (κ2) is 8.02. The summed E-state index contributed by atoms with van der Waals surface area (Å²) in [6.07, 6.45) is 7.13. The van der Waals surface area contributed by atoms with E-state index in [1.807, 2.05) is 6.92 Å². The molecule has 0 aromatic carbocycles. The molecule has 0 heterocycles. The highest BCUT2D eigenvalue weighted by Crippen LogP contribution is 2.21. The van der Waals surface area contributed by atoms with E-state index in [9.17, 15) is 9.59 Å². The van der Waals surface area contributed by atoms with Crippen molar-refractivity contribution in [2.75, 3.05) is 13.6 Å². The Balaban J connectivity index is 2.38. The number of carboxylic acids is 1. The van der Waals surface area contributed by atoms with Crippen LogP contribution < -0.4 is 5.32 Å². The Morgan fingerprint density at radius 3 is 2.47 bits per heavy atom. The average Bonchev–Trinajstić information content (AvgIpc) is 2.42. The highest BCUT2D eigenvalue weighted by Gasteiger charge is 2.23. The third-order valence-electron chi connectivity index (χ3n) is 3.93. The van der Waals surface area contributed by atoms with Crippen molar-refractivity contribution in [3.05, 3.63) is 0 Å². The van der Waals surface area contributed by atoms with Gasteiger partial charge >= 0.3 is 12.0 Å². The summed E-state index contributed by atoms with van der Waals surface area (Å²) in [5, 5.41) is 11.8. The van der Waals surface area contributed by atoms with Gasteiger partial charge in [0.1, 0.15) is 0 Å². The first-order chi connectivity index (χ1) is 9.06. The minimum absolute atomic E-state index is 0.144. The van der Waals surface area contributed by atoms with Crippen LogP contribution >= 0.6 is 0 Å². The lowest BCUT2D eigenvalue weighted by Crippen LogP contribution is -2.46. The van der Waals surface area contributed by atoms with Gasteiger partial charge in [0.15, 0.2) is 0 Å². The van der Waals surface area contributed by atoms with E-state index in [2.05, 4.69) is 5.32 Å². The zero-order valence-corrected chi connectivity index (χ0v) is 12.0. The highest BCUT2D eigenvalue weighted by molar-refractivity contribution is 5.76. The van der Waals surface area contributed by atoms with E-state index >= 15 is 0 Å². The van der Waals surface area contributed by atoms with Crippen LogP contribution in [0, 0.1) is 5.92 Å². The Labute approximate surface area is 115 Å². The zero-order chi connectivity index (χ0) is 14.3. The number of carboxylic acid groups (broad SMARTS) is 1. The summed E-state index contributed by atoms with van der Waals surface area (Å²) < 4.78 is 0. The topological polar surface area (TPSA) is 69.6 Å². The van der Waals surface area contributed by atoms with Crippen molar-refractivity contribution in [3.8, 4) is 0 Å². The number of carbonyl (C=O) groups is 2. The normalized spacial score (nSPS) is 17.8. The molecule has 2 amide bonds. The molecule has 0 bridgehead atoms. The van der Waals surface area contributed by atoms with Crippen molar-refractivity contribution in [2.24, 2.45) is 5.92 Å². The maximum Gasteiger partial charge on any atom is 0.317 e. The van der Waals surface area contributed by atoms with Crippen LogP contribution in [0.2, 0.25) is 0 Å². The molecule has 0 saturated heterocycles. The Kier molecular flexibility index (Phi) is 6.67. The molecule has 1 aliphatic carbocycles. The third-order valence-corrected chi connectivity index (χ3v) is 3.93. The Morgan fingerprint density at radius 1 is 1.32 bits per heavy atom. The largest absolute Gasteiger partial charge is 0.481 e. The quantitative estimate of drug-likeness (QED) is 0.779. The SMILES string of the molecule is CCCC(CNC(=O)N(C)C1CCCCC1)C(=O)O. The monoisotopic (exact) mass is 270 g/mol. The fourth-order valence-corrected chi connectivity index (χ4v) is 2.63. The first-order valence-corrected chi connectivity index (χ1v) is 7.29. The summed E-state index contributed by atoms with van der Waals surface area (Å²) in [5.41, 5.74) is 0. The molecule has 0 aromatic rings. The van der Waals surface area contributed by atoms with Crippen molar-refractivity contribution < 1.29 is 14.7 Å². The molecule has 0 aromatic heterocycles. The number of carbonyl (C=O) groups excluding carboxylic acids is 1. The van der Waals surface area contributed by atoms with E-state index in [1.54, 1.807) is 11.9 Å². The van der Waals surface area contributed by atoms with Crippen LogP contribution in [0.4, 0.5) is 4.79 Å². The van der Waals surface area contributed by atoms with Crippen molar-refractivity contribution in [1.82, 2.24) is 10.2 Å². The van der Waals surface area contributed by atoms with Gasteiger partial charge in [-0.25, -0.2) is 4.79 Å². The minimum Gasteiger partial charge on any atom is -0.481 e. The summed E-state index contributed by atoms with van der Waals surface area (Å²) in [6.45, 7) is 2.17. The molecule has 1 unspecified atom stereocenters. The van der Waals surface area contributed by atoms with Gasteiger partial charge in [0.05, 0.1) is 5.92 Å². The number of hydrogen-bond donors (Lipinski definition) is 2. The summed E-state index contributed by atoms with van der Waals surface area (Å²) in [6, 6.07) is 0.164. The van der Waals surface area contributed by atoms with E-state index < -0.39 is 11.9 Å². The summed E-state index contributed by atoms with van der Waals surface area (Å²) in [7, 11) is 1.81. The van der Waals surface area contributed by atoms with Gasteiger partial charge in [0.2, 0.25) is 0 Å². The second-order valence-electron chi connectivity index (χ2n) is 5.41. The number of amides is 2. The number of nitrogens with one attached hydrogen (secondary N) is 1. The molecule has 1 saturated carbocycles. The van der Waals surface area contributed by atoms with Crippen LogP contribution in [0.25, 0.3) is 0 Å². The van der Waals surface area contributed by atoms with Crippen LogP contribution in [0.5, 0.6) is 0 Å². The molecule has 1 aliphatic rings. The van der Waals surface area contributed by atoms with E-state index in [1.165, 1.54) is 19.3 Å². The van der Waals surface area contributed by atoms with Gasteiger partial charge in [0.25, 0.3) is 0 Å². The number of hydrogen-bond acceptors (Lipinski definition) is 2. The summed E-state index contributed by atoms with van der Waals surface area (Å²) >= 11 is 0. The number of rotatable bonds is 6. The van der Waals surface area contributed by atoms with Gasteiger partial charge in [-0.05, 0) is 19.3 Å². The van der Waals surface area contributed by atoms with Crippen molar-refractivity contribution in [3.63, 3.8) is 0 Å². The maximum absolute atomic E-state index is 12.0. The van der Waals surface area contributed by atoms with Gasteiger partial charge in [0, 0.05) is 19.6 Å². The molecule has 110 valence electrons. The minimum atomic E-state index is -0.831. The lowest BCUT2D eigenvalue weighted by Gasteiger charge is -2.31. The van der Waals surface area contributed by atoms with Crippen LogP contribution in [0.3, 0.4) is 0 Å². The smallest absolute Gasteiger partial charge is 0.317 e. The van der Waals surface area contributed by atoms with E-state index in [4.69, 9.17) is 5.11 Å². The summed E-state index contributed by atoms with van der Waals surface area (Å²) in [5.74, 6) is -1.31. The molecular weight excluding hydrogens is 244 g/mol. The highest BCUT2D eigenvalue weighted by atomic mass is 16.4. The van der Waals surface area contributed by atoms with Crippen molar-refractivity contribution in [1.29, 1.82) is 0 Å². The van der Waals surface area contributed by atoms with Gasteiger partial charge < -0.3 is 15.3 Å². The fourth-order valence-electron chi connectivity index (χ4n) is 2.63. The molecule has 0 aliphatic heterocycles. The predicted molar refractivity (Wildman–Crippen MR) is 74.1 cm³/mol. The molecule has 2 N–H and O–H groups in total. The predicted octanol–water partition coefficient (Wildman–Crippen LogP) is 2.46. The number of urea groups is 1. The molecule has 1 fully saturated rings. The Morgan fingerprint density at radius 2 is 1.95 bits per heavy atom. The number of aliphatic carboxylic acids is 1. The molecule has 1 atom stereocenters. The van der Waals surface area contributed by atoms with Crippen LogP contribution in [-0.4, -0.2) is 41.6 Å². The first kappa shape index (κ1) is 15.8. The van der Waals surface area contributed by atoms with E-state index in [0.717, 1.165) is 19.3 Å². The van der Waals surface area contributed by atoms with Gasteiger partial charge in [-0.1, -0.05) is 32.6 Å². The van der Waals surface area contributed by atoms with Crippen molar-refractivity contribution >= 4 is 12.0 Å². The van der Waals surface area contributed by atoms with Crippen LogP contribution in [0.15, 0.2) is 0 Å². The average molecular weight is 270 g/mol. The molecular formula is C14H26N2O3. The van der Waals surface area contributed by atoms with E-state index in [-0.39, 0.29) is 12.6 Å². The fraction of sp³-hybridized carbons (Fsp3) is 0.857. The van der Waals surface area contributed by atoms with Crippen LogP contribution in [-0.2, 0) is 4.79 Å². The molecule has 5 heteroatoms. The molecule has 5 nitrogen and oxygen atoms in total. The second-order valence-corrected chi connectivity index (χ2v) is 5.41. The third kappa shape index (κ3) is 5.09. The first-order valence-electron chi connectivity index (χ1n) is 7.29. The standard InChI is InChI=1S/C14H26N2O3/c1-3-7-11(13(17)18)10-15-14(19)16(2)12-8-5-4-6-9-12/h11-12H,3-10H2,1-2H3,(H,15,19)(H,17,18). The maximum atomic E-state index is 12.0. The van der Waals surface area contributed by atoms with E-state index in [0.29, 0.717) is 12.5 Å². The van der Waals surface area contributed by atoms with Crippen LogP contribution in [0.1, 0.15) is 51.9 Å². The lowest BCUT2D eigenvalue weighted by molar-refractivity contribution is -0.141. The molecule has 1 rings (SSSR count). The number of nitrogens with zero attached hydrogens (tertiary/aromatic N) is 1. The zero-order valence-electron chi connectivity index (χ0n) is 12.0. The Hall–Kier alpha value is -1.26. The Bertz CT molecular complexity index is 301. The molecule has 19 heavy (non-hydrogen) atoms. The van der Waals surface area contributed by atoms with Gasteiger partial charge in [-0.3, -0.25) is 4.79 Å². The lowest BCUT2D eigenvalue weighted by atomic mass is 9.95. The van der Waals surface area contributed by atoms with Gasteiger partial charge in [-0.15, -0.1) is 0 Å². The summed E-state index contributed by atoms with van der Waals surface area (Å²) in [4.78, 5) is 24.7. The van der Waals surface area contributed by atoms with Gasteiger partial charge in [-0.2, -0.15) is 0 Å². The molecule has 0 radical (unpaired) electrons. The molecule has 0 spiro atoms.